The smallest absolute Gasteiger partial charge is 0.251 e. The second-order valence-corrected chi connectivity index (χ2v) is 8.34. The number of rotatable bonds is 4. The molecule has 7 heteroatoms. The average molecular weight is 378 g/mol. The minimum atomic E-state index is -0.237. The van der Waals surface area contributed by atoms with E-state index in [-0.39, 0.29) is 24.0 Å². The Morgan fingerprint density at radius 2 is 1.96 bits per heavy atom. The molecular weight excluding hydrogens is 350 g/mol. The van der Waals surface area contributed by atoms with Crippen molar-refractivity contribution in [2.24, 2.45) is 0 Å². The van der Waals surface area contributed by atoms with E-state index in [0.717, 1.165) is 45.3 Å². The molecule has 1 aromatic heterocycles. The predicted octanol–water partition coefficient (Wildman–Crippen LogP) is 1.73. The summed E-state index contributed by atoms with van der Waals surface area (Å²) in [5, 5.41) is 2.08. The van der Waals surface area contributed by atoms with Gasteiger partial charge in [-0.15, -0.1) is 11.3 Å². The van der Waals surface area contributed by atoms with Crippen molar-refractivity contribution in [3.63, 3.8) is 0 Å². The number of nitrogens with zero attached hydrogens (tertiary/aromatic N) is 3. The van der Waals surface area contributed by atoms with Crippen LogP contribution in [0.3, 0.4) is 0 Å². The van der Waals surface area contributed by atoms with Gasteiger partial charge in [0.05, 0.1) is 12.6 Å². The molecule has 4 rings (SSSR count). The summed E-state index contributed by atoms with van der Waals surface area (Å²) in [7, 11) is 0. The third kappa shape index (κ3) is 3.80. The summed E-state index contributed by atoms with van der Waals surface area (Å²) in [6.45, 7) is 4.94. The number of hydrogen-bond acceptors (Lipinski definition) is 5. The van der Waals surface area contributed by atoms with Gasteiger partial charge in [-0.3, -0.25) is 14.5 Å². The molecule has 0 aromatic carbocycles. The van der Waals surface area contributed by atoms with Crippen molar-refractivity contribution in [2.45, 2.75) is 37.8 Å². The molecule has 0 radical (unpaired) electrons. The van der Waals surface area contributed by atoms with Gasteiger partial charge in [0.2, 0.25) is 5.91 Å². The Bertz CT molecular complexity index is 622. The molecule has 2 atom stereocenters. The molecule has 142 valence electrons. The normalized spacial score (nSPS) is 27.2. The van der Waals surface area contributed by atoms with Gasteiger partial charge in [-0.25, -0.2) is 0 Å². The van der Waals surface area contributed by atoms with Crippen molar-refractivity contribution in [3.8, 4) is 0 Å². The van der Waals surface area contributed by atoms with Gasteiger partial charge < -0.3 is 14.5 Å². The van der Waals surface area contributed by atoms with Crippen LogP contribution in [0.5, 0.6) is 0 Å². The van der Waals surface area contributed by atoms with Crippen molar-refractivity contribution >= 4 is 23.2 Å². The molecule has 6 nitrogen and oxygen atoms in total. The SMILES string of the molecule is O=C([C@H]1CCCO1)N1CCN(CC(=O)N2CCC[C@H]2c2cccs2)CC1. The highest BCUT2D eigenvalue weighted by atomic mass is 32.1. The van der Waals surface area contributed by atoms with Crippen LogP contribution < -0.4 is 0 Å². The molecule has 3 aliphatic rings. The van der Waals surface area contributed by atoms with Crippen LogP contribution in [-0.2, 0) is 14.3 Å². The number of ether oxygens (including phenoxy) is 1. The maximum absolute atomic E-state index is 12.8. The highest BCUT2D eigenvalue weighted by Gasteiger charge is 2.33. The zero-order valence-electron chi connectivity index (χ0n) is 15.1. The summed E-state index contributed by atoms with van der Waals surface area (Å²) in [5.41, 5.74) is 0. The molecule has 0 unspecified atom stereocenters. The van der Waals surface area contributed by atoms with Crippen LogP contribution in [0.2, 0.25) is 0 Å². The molecule has 26 heavy (non-hydrogen) atoms. The molecule has 0 saturated carbocycles. The fraction of sp³-hybridized carbons (Fsp3) is 0.684. The van der Waals surface area contributed by atoms with Crippen molar-refractivity contribution in [3.05, 3.63) is 22.4 Å². The third-order valence-electron chi connectivity index (χ3n) is 5.69. The van der Waals surface area contributed by atoms with Crippen LogP contribution in [0.15, 0.2) is 17.5 Å². The quantitative estimate of drug-likeness (QED) is 0.802. The van der Waals surface area contributed by atoms with Crippen LogP contribution in [0, 0.1) is 0 Å². The van der Waals surface area contributed by atoms with E-state index in [4.69, 9.17) is 4.74 Å². The Balaban J connectivity index is 1.27. The summed E-state index contributed by atoms with van der Waals surface area (Å²) in [6.07, 6.45) is 3.73. The maximum atomic E-state index is 12.8. The van der Waals surface area contributed by atoms with E-state index in [0.29, 0.717) is 26.2 Å². The Labute approximate surface area is 158 Å². The molecule has 0 bridgehead atoms. The highest BCUT2D eigenvalue weighted by molar-refractivity contribution is 7.10. The van der Waals surface area contributed by atoms with Crippen LogP contribution in [-0.4, -0.2) is 78.5 Å². The first-order valence-electron chi connectivity index (χ1n) is 9.68. The standard InChI is InChI=1S/C19H27N3O3S/c23-18(22-7-1-4-15(22)17-6-3-13-26-17)14-20-8-10-21(11-9-20)19(24)16-5-2-12-25-16/h3,6,13,15-16H,1-2,4-5,7-12,14H2/t15-,16+/m0/s1. The summed E-state index contributed by atoms with van der Waals surface area (Å²) >= 11 is 1.74. The van der Waals surface area contributed by atoms with Crippen molar-refractivity contribution < 1.29 is 14.3 Å². The number of amides is 2. The lowest BCUT2D eigenvalue weighted by atomic mass is 10.2. The number of piperazine rings is 1. The van der Waals surface area contributed by atoms with E-state index in [2.05, 4.69) is 27.3 Å². The first-order valence-corrected chi connectivity index (χ1v) is 10.6. The molecule has 0 aliphatic carbocycles. The summed E-state index contributed by atoms with van der Waals surface area (Å²) in [4.78, 5) is 32.7. The number of thiophene rings is 1. The second kappa shape index (κ2) is 8.06. The van der Waals surface area contributed by atoms with Crippen molar-refractivity contribution in [1.82, 2.24) is 14.7 Å². The number of carbonyl (C=O) groups excluding carboxylic acids is 2. The molecule has 1 aromatic rings. The van der Waals surface area contributed by atoms with Gasteiger partial charge in [0.1, 0.15) is 6.10 Å². The lowest BCUT2D eigenvalue weighted by molar-refractivity contribution is -0.143. The molecule has 0 N–H and O–H groups in total. The van der Waals surface area contributed by atoms with Crippen molar-refractivity contribution in [2.75, 3.05) is 45.9 Å². The van der Waals surface area contributed by atoms with Gasteiger partial charge in [-0.2, -0.15) is 0 Å². The predicted molar refractivity (Wildman–Crippen MR) is 100 cm³/mol. The summed E-state index contributed by atoms with van der Waals surface area (Å²) < 4.78 is 5.51. The highest BCUT2D eigenvalue weighted by Crippen LogP contribution is 2.34. The molecular formula is C19H27N3O3S. The fourth-order valence-electron chi connectivity index (χ4n) is 4.23. The minimum absolute atomic E-state index is 0.130. The Kier molecular flexibility index (Phi) is 5.57. The van der Waals surface area contributed by atoms with Crippen LogP contribution in [0.1, 0.15) is 36.6 Å². The third-order valence-corrected chi connectivity index (χ3v) is 6.67. The van der Waals surface area contributed by atoms with E-state index < -0.39 is 0 Å². The second-order valence-electron chi connectivity index (χ2n) is 7.36. The number of hydrogen-bond donors (Lipinski definition) is 0. The van der Waals surface area contributed by atoms with E-state index in [1.165, 1.54) is 4.88 Å². The molecule has 0 spiro atoms. The van der Waals surface area contributed by atoms with Gasteiger partial charge in [0.15, 0.2) is 0 Å². The fourth-order valence-corrected chi connectivity index (χ4v) is 5.10. The summed E-state index contributed by atoms with van der Waals surface area (Å²) in [5.74, 6) is 0.352. The zero-order valence-corrected chi connectivity index (χ0v) is 16.0. The lowest BCUT2D eigenvalue weighted by Gasteiger charge is -2.36. The van der Waals surface area contributed by atoms with E-state index in [1.807, 2.05) is 4.90 Å². The minimum Gasteiger partial charge on any atom is -0.368 e. The lowest BCUT2D eigenvalue weighted by Crippen LogP contribution is -2.53. The monoisotopic (exact) mass is 377 g/mol. The van der Waals surface area contributed by atoms with Gasteiger partial charge in [0, 0.05) is 44.2 Å². The van der Waals surface area contributed by atoms with Crippen LogP contribution in [0.4, 0.5) is 0 Å². The van der Waals surface area contributed by atoms with Gasteiger partial charge in [-0.05, 0) is 37.1 Å². The Morgan fingerprint density at radius 1 is 1.12 bits per heavy atom. The van der Waals surface area contributed by atoms with Gasteiger partial charge in [-0.1, -0.05) is 6.07 Å². The molecule has 3 fully saturated rings. The van der Waals surface area contributed by atoms with E-state index >= 15 is 0 Å². The molecule has 3 aliphatic heterocycles. The van der Waals surface area contributed by atoms with Crippen molar-refractivity contribution in [1.29, 1.82) is 0 Å². The molecule has 2 amide bonds. The molecule has 3 saturated heterocycles. The van der Waals surface area contributed by atoms with Gasteiger partial charge in [0.25, 0.3) is 5.91 Å². The summed E-state index contributed by atoms with van der Waals surface area (Å²) in [6, 6.07) is 4.45. The number of likely N-dealkylation sites (tertiary alicyclic amines) is 1. The zero-order chi connectivity index (χ0) is 17.9. The largest absolute Gasteiger partial charge is 0.368 e. The number of carbonyl (C=O) groups is 2. The molecule has 4 heterocycles. The van der Waals surface area contributed by atoms with E-state index in [9.17, 15) is 9.59 Å². The van der Waals surface area contributed by atoms with E-state index in [1.54, 1.807) is 11.3 Å². The Hall–Kier alpha value is -1.44. The average Bonchev–Trinajstić information content (AvgIpc) is 3.43. The first kappa shape index (κ1) is 17.9. The van der Waals surface area contributed by atoms with Crippen LogP contribution >= 0.6 is 11.3 Å². The topological polar surface area (TPSA) is 53.1 Å². The maximum Gasteiger partial charge on any atom is 0.251 e. The van der Waals surface area contributed by atoms with Gasteiger partial charge >= 0.3 is 0 Å². The van der Waals surface area contributed by atoms with Crippen LogP contribution in [0.25, 0.3) is 0 Å². The first-order chi connectivity index (χ1) is 12.7. The Morgan fingerprint density at radius 3 is 2.65 bits per heavy atom.